The highest BCUT2D eigenvalue weighted by Crippen LogP contribution is 2.31. The van der Waals surface area contributed by atoms with Crippen molar-refractivity contribution in [1.82, 2.24) is 10.2 Å². The molecule has 1 amide bonds. The summed E-state index contributed by atoms with van der Waals surface area (Å²) in [5.41, 5.74) is 7.61. The summed E-state index contributed by atoms with van der Waals surface area (Å²) >= 11 is 0. The van der Waals surface area contributed by atoms with Gasteiger partial charge in [0.15, 0.2) is 11.5 Å². The van der Waals surface area contributed by atoms with Crippen LogP contribution in [0.25, 0.3) is 0 Å². The highest BCUT2D eigenvalue weighted by atomic mass is 35.5. The lowest BCUT2D eigenvalue weighted by molar-refractivity contribution is -0.125. The van der Waals surface area contributed by atoms with Crippen molar-refractivity contribution in [3.05, 3.63) is 23.8 Å². The van der Waals surface area contributed by atoms with Crippen molar-refractivity contribution in [2.45, 2.75) is 58.6 Å². The Hall–Kier alpha value is -1.62. The fourth-order valence-corrected chi connectivity index (χ4v) is 4.73. The number of methoxy groups -OCH3 is 2. The number of carbonyl (C=O) groups is 1. The molecule has 0 aliphatic carbocycles. The van der Waals surface area contributed by atoms with Crippen LogP contribution in [0.3, 0.4) is 0 Å². The van der Waals surface area contributed by atoms with E-state index in [9.17, 15) is 9.90 Å². The SMILES string of the molecule is COCCCOc1cc(C[C@@H](C[C@H](N)[C@@H](O)C[C@@H](C)C(=O)NCCN2CCOCC2)C(C)C)ccc1OC.Cl. The molecule has 1 fully saturated rings. The fraction of sp³-hybridized carbons (Fsp3) is 0.759. The Labute approximate surface area is 241 Å². The van der Waals surface area contributed by atoms with Crippen LogP contribution in [-0.2, 0) is 20.7 Å². The Morgan fingerprint density at radius 3 is 2.49 bits per heavy atom. The Kier molecular flexibility index (Phi) is 17.7. The first kappa shape index (κ1) is 35.4. The molecule has 0 radical (unpaired) electrons. The molecule has 0 bridgehead atoms. The topological polar surface area (TPSA) is 116 Å². The number of hydrogen-bond donors (Lipinski definition) is 3. The molecule has 0 spiro atoms. The minimum absolute atomic E-state index is 0. The molecule has 226 valence electrons. The van der Waals surface area contributed by atoms with Crippen molar-refractivity contribution in [3.63, 3.8) is 0 Å². The van der Waals surface area contributed by atoms with E-state index < -0.39 is 12.1 Å². The van der Waals surface area contributed by atoms with Gasteiger partial charge in [-0.05, 0) is 48.8 Å². The van der Waals surface area contributed by atoms with Crippen LogP contribution in [0.5, 0.6) is 11.5 Å². The molecule has 2 rings (SSSR count). The predicted octanol–water partition coefficient (Wildman–Crippen LogP) is 2.90. The summed E-state index contributed by atoms with van der Waals surface area (Å²) in [6.07, 6.45) is 1.88. The number of nitrogens with zero attached hydrogens (tertiary/aromatic N) is 1. The number of nitrogens with two attached hydrogens (primary N) is 1. The van der Waals surface area contributed by atoms with Crippen LogP contribution in [0.4, 0.5) is 0 Å². The number of nitrogens with one attached hydrogen (secondary N) is 1. The van der Waals surface area contributed by atoms with Gasteiger partial charge < -0.3 is 35.1 Å². The highest BCUT2D eigenvalue weighted by molar-refractivity contribution is 5.85. The van der Waals surface area contributed by atoms with Crippen LogP contribution < -0.4 is 20.5 Å². The molecule has 4 atom stereocenters. The van der Waals surface area contributed by atoms with Crippen LogP contribution in [-0.4, -0.2) is 94.9 Å². The van der Waals surface area contributed by atoms with Gasteiger partial charge in [0.25, 0.3) is 0 Å². The van der Waals surface area contributed by atoms with Gasteiger partial charge in [-0.3, -0.25) is 9.69 Å². The number of halogens is 1. The number of carbonyl (C=O) groups excluding carboxylic acids is 1. The second-order valence-corrected chi connectivity index (χ2v) is 10.7. The van der Waals surface area contributed by atoms with Crippen molar-refractivity contribution in [2.24, 2.45) is 23.5 Å². The number of aliphatic hydroxyl groups excluding tert-OH is 1. The monoisotopic (exact) mass is 573 g/mol. The Morgan fingerprint density at radius 1 is 1.13 bits per heavy atom. The van der Waals surface area contributed by atoms with Gasteiger partial charge in [0.05, 0.1) is 33.0 Å². The van der Waals surface area contributed by atoms with Crippen LogP contribution in [0.15, 0.2) is 18.2 Å². The molecule has 9 nitrogen and oxygen atoms in total. The van der Waals surface area contributed by atoms with Gasteiger partial charge in [-0.25, -0.2) is 0 Å². The summed E-state index contributed by atoms with van der Waals surface area (Å²) in [5, 5.41) is 13.8. The average Bonchev–Trinajstić information content (AvgIpc) is 2.91. The first-order chi connectivity index (χ1) is 18.2. The molecule has 0 saturated carbocycles. The lowest BCUT2D eigenvalue weighted by atomic mass is 9.82. The third-order valence-corrected chi connectivity index (χ3v) is 7.36. The molecular weight excluding hydrogens is 522 g/mol. The summed E-state index contributed by atoms with van der Waals surface area (Å²) in [4.78, 5) is 14.9. The Balaban J connectivity index is 0.00000760. The summed E-state index contributed by atoms with van der Waals surface area (Å²) in [6, 6.07) is 5.62. The first-order valence-corrected chi connectivity index (χ1v) is 14.0. The largest absolute Gasteiger partial charge is 0.493 e. The highest BCUT2D eigenvalue weighted by Gasteiger charge is 2.26. The maximum absolute atomic E-state index is 12.6. The molecule has 1 aliphatic rings. The second kappa shape index (κ2) is 19.5. The van der Waals surface area contributed by atoms with Gasteiger partial charge in [0.2, 0.25) is 5.91 Å². The van der Waals surface area contributed by atoms with Crippen molar-refractivity contribution >= 4 is 18.3 Å². The predicted molar refractivity (Wildman–Crippen MR) is 157 cm³/mol. The Morgan fingerprint density at radius 2 is 1.85 bits per heavy atom. The number of benzene rings is 1. The lowest BCUT2D eigenvalue weighted by Gasteiger charge is -2.29. The zero-order valence-electron chi connectivity index (χ0n) is 24.5. The normalized spacial score (nSPS) is 17.1. The minimum atomic E-state index is -0.744. The quantitative estimate of drug-likeness (QED) is 0.230. The number of aliphatic hydroxyl groups is 1. The van der Waals surface area contributed by atoms with E-state index in [4.69, 9.17) is 24.7 Å². The maximum atomic E-state index is 12.6. The molecule has 1 aromatic carbocycles. The summed E-state index contributed by atoms with van der Waals surface area (Å²) in [6.45, 7) is 12.1. The maximum Gasteiger partial charge on any atom is 0.222 e. The van der Waals surface area contributed by atoms with E-state index in [2.05, 4.69) is 30.1 Å². The van der Waals surface area contributed by atoms with E-state index in [1.54, 1.807) is 14.2 Å². The van der Waals surface area contributed by atoms with E-state index in [-0.39, 0.29) is 30.2 Å². The fourth-order valence-electron chi connectivity index (χ4n) is 4.73. The van der Waals surface area contributed by atoms with Gasteiger partial charge in [0.1, 0.15) is 0 Å². The molecule has 0 unspecified atom stereocenters. The van der Waals surface area contributed by atoms with Crippen LogP contribution >= 0.6 is 12.4 Å². The second-order valence-electron chi connectivity index (χ2n) is 10.7. The van der Waals surface area contributed by atoms with Gasteiger partial charge in [-0.2, -0.15) is 0 Å². The van der Waals surface area contributed by atoms with Crippen LogP contribution in [0, 0.1) is 17.8 Å². The van der Waals surface area contributed by atoms with Crippen LogP contribution in [0.1, 0.15) is 45.6 Å². The molecule has 1 aromatic rings. The zero-order chi connectivity index (χ0) is 27.9. The standard InChI is InChI=1S/C29H51N3O6.ClH/c1-21(2)24(18-23-7-8-27(36-5)28(19-23)38-14-6-13-35-4)20-25(30)26(33)17-22(3)29(34)31-9-10-32-11-15-37-16-12-32;/h7-8,19,21-22,24-26,33H,6,9-18,20,30H2,1-5H3,(H,31,34);1H/t22-,24+,25+,26+;/m1./s1. The van der Waals surface area contributed by atoms with Gasteiger partial charge in [-0.15, -0.1) is 12.4 Å². The number of morpholine rings is 1. The third kappa shape index (κ3) is 13.1. The number of hydrogen-bond acceptors (Lipinski definition) is 8. The molecular formula is C29H52ClN3O6. The van der Waals surface area contributed by atoms with Crippen molar-refractivity contribution < 1.29 is 28.8 Å². The number of rotatable bonds is 18. The molecule has 1 aliphatic heterocycles. The summed E-state index contributed by atoms with van der Waals surface area (Å²) < 4.78 is 21.9. The van der Waals surface area contributed by atoms with Gasteiger partial charge in [0, 0.05) is 58.3 Å². The van der Waals surface area contributed by atoms with Crippen molar-refractivity contribution in [3.8, 4) is 11.5 Å². The van der Waals surface area contributed by atoms with Gasteiger partial charge >= 0.3 is 0 Å². The number of amides is 1. The zero-order valence-corrected chi connectivity index (χ0v) is 25.3. The molecule has 39 heavy (non-hydrogen) atoms. The molecule has 0 aromatic heterocycles. The average molecular weight is 574 g/mol. The van der Waals surface area contributed by atoms with E-state index >= 15 is 0 Å². The molecule has 10 heteroatoms. The van der Waals surface area contributed by atoms with Crippen molar-refractivity contribution in [2.75, 3.05) is 66.8 Å². The van der Waals surface area contributed by atoms with Crippen LogP contribution in [0.2, 0.25) is 0 Å². The van der Waals surface area contributed by atoms with E-state index in [0.29, 0.717) is 44.3 Å². The first-order valence-electron chi connectivity index (χ1n) is 14.0. The van der Waals surface area contributed by atoms with E-state index in [1.165, 1.54) is 0 Å². The minimum Gasteiger partial charge on any atom is -0.493 e. The van der Waals surface area contributed by atoms with Crippen molar-refractivity contribution in [1.29, 1.82) is 0 Å². The number of ether oxygens (including phenoxy) is 4. The summed E-state index contributed by atoms with van der Waals surface area (Å²) in [5.74, 6) is 1.73. The lowest BCUT2D eigenvalue weighted by Crippen LogP contribution is -2.43. The molecule has 1 saturated heterocycles. The Bertz CT molecular complexity index is 809. The smallest absolute Gasteiger partial charge is 0.222 e. The molecule has 1 heterocycles. The van der Waals surface area contributed by atoms with E-state index in [0.717, 1.165) is 57.0 Å². The van der Waals surface area contributed by atoms with Gasteiger partial charge in [-0.1, -0.05) is 26.8 Å². The van der Waals surface area contributed by atoms with E-state index in [1.807, 2.05) is 19.1 Å². The third-order valence-electron chi connectivity index (χ3n) is 7.36. The molecule has 4 N–H and O–H groups in total. The summed E-state index contributed by atoms with van der Waals surface area (Å²) in [7, 11) is 3.32.